The maximum Gasteiger partial charge on any atom is 0.00642 e. The van der Waals surface area contributed by atoms with Crippen molar-refractivity contribution < 1.29 is 0 Å². The van der Waals surface area contributed by atoms with Gasteiger partial charge in [-0.15, -0.1) is 17.8 Å². The van der Waals surface area contributed by atoms with Crippen LogP contribution in [0.5, 0.6) is 0 Å². The van der Waals surface area contributed by atoms with Crippen molar-refractivity contribution >= 4 is 17.8 Å². The highest BCUT2D eigenvalue weighted by molar-refractivity contribution is 7.51. The van der Waals surface area contributed by atoms with Crippen LogP contribution in [0.15, 0.2) is 0 Å². The molecule has 0 aliphatic carbocycles. The van der Waals surface area contributed by atoms with E-state index in [1.165, 1.54) is 0 Å². The molecule has 0 rings (SSSR count). The zero-order valence-electron chi connectivity index (χ0n) is 7.73. The molecule has 0 N–H and O–H groups in total. The topological polar surface area (TPSA) is 0 Å². The first-order valence-corrected chi connectivity index (χ1v) is 6.00. The smallest absolute Gasteiger partial charge is 0.00642 e. The summed E-state index contributed by atoms with van der Waals surface area (Å²) in [6, 6.07) is 0. The summed E-state index contributed by atoms with van der Waals surface area (Å²) in [4.78, 5) is 0.486. The predicted octanol–water partition coefficient (Wildman–Crippen LogP) is 3.18. The average Bonchev–Trinajstić information content (AvgIpc) is 1.85. The Morgan fingerprint density at radius 1 is 1.10 bits per heavy atom. The minimum atomic E-state index is 0.486. The molecule has 0 heterocycles. The molecular formula is C8H20P2. The molecule has 0 amide bonds. The summed E-state index contributed by atoms with van der Waals surface area (Å²) in [5.74, 6) is 1.56. The van der Waals surface area contributed by atoms with Gasteiger partial charge in [0.15, 0.2) is 0 Å². The van der Waals surface area contributed by atoms with Crippen molar-refractivity contribution in [3.63, 3.8) is 0 Å². The van der Waals surface area contributed by atoms with E-state index in [4.69, 9.17) is 0 Å². The van der Waals surface area contributed by atoms with E-state index in [-0.39, 0.29) is 0 Å². The molecule has 0 aliphatic rings. The molecule has 0 spiro atoms. The van der Waals surface area contributed by atoms with Crippen molar-refractivity contribution in [2.75, 3.05) is 6.66 Å². The third-order valence-corrected chi connectivity index (χ3v) is 6.56. The largest absolute Gasteiger partial charge is 0.126 e. The zero-order chi connectivity index (χ0) is 8.36. The van der Waals surface area contributed by atoms with Crippen LogP contribution in [-0.4, -0.2) is 11.6 Å². The second kappa shape index (κ2) is 4.03. The van der Waals surface area contributed by atoms with Crippen LogP contribution in [0.3, 0.4) is 0 Å². The molecule has 0 saturated heterocycles. The molecular weight excluding hydrogens is 158 g/mol. The highest BCUT2D eigenvalue weighted by Gasteiger charge is 2.29. The lowest BCUT2D eigenvalue weighted by atomic mass is 9.99. The summed E-state index contributed by atoms with van der Waals surface area (Å²) in [5, 5.41) is 0. The standard InChI is InChI=1S/C8H20P2/c1-6(2)8(9,10-5)7(3)4/h6-7,10H,9H2,1-5H3. The van der Waals surface area contributed by atoms with E-state index in [1.54, 1.807) is 0 Å². The fraction of sp³-hybridized carbons (Fsp3) is 1.00. The third-order valence-electron chi connectivity index (χ3n) is 2.34. The summed E-state index contributed by atoms with van der Waals surface area (Å²) in [6.07, 6.45) is 0. The van der Waals surface area contributed by atoms with Crippen molar-refractivity contribution in [2.45, 2.75) is 32.6 Å². The fourth-order valence-electron chi connectivity index (χ4n) is 1.24. The van der Waals surface area contributed by atoms with Gasteiger partial charge in [0, 0.05) is 4.90 Å². The van der Waals surface area contributed by atoms with Gasteiger partial charge in [0.1, 0.15) is 0 Å². The van der Waals surface area contributed by atoms with E-state index in [1.807, 2.05) is 0 Å². The Balaban J connectivity index is 4.23. The second-order valence-corrected chi connectivity index (χ2v) is 6.39. The highest BCUT2D eigenvalue weighted by Crippen LogP contribution is 2.47. The normalized spacial score (nSPS) is 14.4. The molecule has 0 nitrogen and oxygen atoms in total. The summed E-state index contributed by atoms with van der Waals surface area (Å²) in [6.45, 7) is 11.5. The molecule has 2 atom stereocenters. The van der Waals surface area contributed by atoms with Crippen molar-refractivity contribution in [3.05, 3.63) is 0 Å². The first-order chi connectivity index (χ1) is 4.45. The van der Waals surface area contributed by atoms with Gasteiger partial charge >= 0.3 is 0 Å². The first-order valence-electron chi connectivity index (χ1n) is 3.93. The van der Waals surface area contributed by atoms with Gasteiger partial charge in [0.25, 0.3) is 0 Å². The van der Waals surface area contributed by atoms with E-state index in [9.17, 15) is 0 Å². The molecule has 2 unspecified atom stereocenters. The summed E-state index contributed by atoms with van der Waals surface area (Å²) < 4.78 is 0. The lowest BCUT2D eigenvalue weighted by Crippen LogP contribution is -2.28. The molecule has 0 saturated carbocycles. The summed E-state index contributed by atoms with van der Waals surface area (Å²) in [5.41, 5.74) is 0. The van der Waals surface area contributed by atoms with Crippen molar-refractivity contribution in [3.8, 4) is 0 Å². The molecule has 10 heavy (non-hydrogen) atoms. The second-order valence-electron chi connectivity index (χ2n) is 3.49. The lowest BCUT2D eigenvalue weighted by molar-refractivity contribution is 0.446. The maximum absolute atomic E-state index is 3.04. The van der Waals surface area contributed by atoms with Gasteiger partial charge in [0.05, 0.1) is 0 Å². The van der Waals surface area contributed by atoms with Gasteiger partial charge in [0.2, 0.25) is 0 Å². The van der Waals surface area contributed by atoms with Crippen LogP contribution in [0.25, 0.3) is 0 Å². The van der Waals surface area contributed by atoms with Gasteiger partial charge in [-0.2, -0.15) is 0 Å². The first kappa shape index (κ1) is 10.9. The molecule has 0 bridgehead atoms. The molecule has 2 heteroatoms. The SMILES string of the molecule is CPC(P)(C(C)C)C(C)C. The molecule has 0 aliphatic heterocycles. The number of rotatable bonds is 3. The molecule has 0 aromatic heterocycles. The van der Waals surface area contributed by atoms with Crippen LogP contribution in [0.1, 0.15) is 27.7 Å². The Bertz CT molecular complexity index is 89.4. The maximum atomic E-state index is 3.04. The Labute approximate surface area is 69.5 Å². The summed E-state index contributed by atoms with van der Waals surface area (Å²) in [7, 11) is 4.06. The Kier molecular flexibility index (Phi) is 4.38. The van der Waals surface area contributed by atoms with Gasteiger partial charge in [-0.3, -0.25) is 0 Å². The Hall–Kier alpha value is 0.860. The van der Waals surface area contributed by atoms with Gasteiger partial charge < -0.3 is 0 Å². The van der Waals surface area contributed by atoms with E-state index in [0.29, 0.717) is 4.90 Å². The van der Waals surface area contributed by atoms with Crippen LogP contribution in [0, 0.1) is 11.8 Å². The lowest BCUT2D eigenvalue weighted by Gasteiger charge is -2.36. The molecule has 62 valence electrons. The van der Waals surface area contributed by atoms with Crippen LogP contribution in [-0.2, 0) is 0 Å². The van der Waals surface area contributed by atoms with E-state index < -0.39 is 0 Å². The van der Waals surface area contributed by atoms with Crippen molar-refractivity contribution in [1.82, 2.24) is 0 Å². The highest BCUT2D eigenvalue weighted by atomic mass is 31.1. The molecule has 0 fully saturated rings. The average molecular weight is 178 g/mol. The van der Waals surface area contributed by atoms with Crippen LogP contribution < -0.4 is 0 Å². The Morgan fingerprint density at radius 2 is 1.40 bits per heavy atom. The number of hydrogen-bond donors (Lipinski definition) is 0. The quantitative estimate of drug-likeness (QED) is 0.582. The minimum absolute atomic E-state index is 0.486. The van der Waals surface area contributed by atoms with Gasteiger partial charge in [-0.25, -0.2) is 0 Å². The van der Waals surface area contributed by atoms with Crippen LogP contribution >= 0.6 is 17.8 Å². The monoisotopic (exact) mass is 178 g/mol. The molecule has 0 radical (unpaired) electrons. The van der Waals surface area contributed by atoms with Crippen molar-refractivity contribution in [1.29, 1.82) is 0 Å². The van der Waals surface area contributed by atoms with Gasteiger partial charge in [-0.05, 0) is 18.5 Å². The molecule has 0 aromatic carbocycles. The van der Waals surface area contributed by atoms with E-state index in [2.05, 4.69) is 43.6 Å². The zero-order valence-corrected chi connectivity index (χ0v) is 9.89. The van der Waals surface area contributed by atoms with Crippen LogP contribution in [0.2, 0.25) is 0 Å². The van der Waals surface area contributed by atoms with E-state index >= 15 is 0 Å². The predicted molar refractivity (Wildman–Crippen MR) is 56.4 cm³/mol. The van der Waals surface area contributed by atoms with Crippen LogP contribution in [0.4, 0.5) is 0 Å². The third kappa shape index (κ3) is 2.18. The summed E-state index contributed by atoms with van der Waals surface area (Å²) >= 11 is 0. The minimum Gasteiger partial charge on any atom is -0.126 e. The van der Waals surface area contributed by atoms with E-state index in [0.717, 1.165) is 20.4 Å². The molecule has 0 aromatic rings. The van der Waals surface area contributed by atoms with Crippen molar-refractivity contribution in [2.24, 2.45) is 11.8 Å². The Morgan fingerprint density at radius 3 is 1.40 bits per heavy atom. The number of hydrogen-bond acceptors (Lipinski definition) is 0. The fourth-order valence-corrected chi connectivity index (χ4v) is 2.40. The van der Waals surface area contributed by atoms with Gasteiger partial charge in [-0.1, -0.05) is 27.7 Å².